The largest absolute Gasteiger partial charge is 0.458 e. The number of nitrogens with one attached hydrogen (secondary N) is 1. The van der Waals surface area contributed by atoms with Crippen molar-refractivity contribution >= 4 is 40.7 Å². The zero-order valence-electron chi connectivity index (χ0n) is 17.4. The van der Waals surface area contributed by atoms with Gasteiger partial charge in [0.25, 0.3) is 11.6 Å². The molecule has 1 N–H and O–H groups in total. The van der Waals surface area contributed by atoms with Gasteiger partial charge in [-0.3, -0.25) is 19.6 Å². The van der Waals surface area contributed by atoms with Crippen molar-refractivity contribution in [1.29, 1.82) is 0 Å². The van der Waals surface area contributed by atoms with Crippen LogP contribution in [0.15, 0.2) is 42.0 Å². The number of benzene rings is 1. The lowest BCUT2D eigenvalue weighted by Crippen LogP contribution is -2.42. The van der Waals surface area contributed by atoms with Crippen LogP contribution in [0.25, 0.3) is 10.6 Å². The number of nitro benzene ring substituents is 1. The van der Waals surface area contributed by atoms with Gasteiger partial charge in [0.15, 0.2) is 0 Å². The van der Waals surface area contributed by atoms with Gasteiger partial charge in [-0.15, -0.1) is 11.3 Å². The maximum Gasteiger partial charge on any atom is 0.329 e. The Kier molecular flexibility index (Phi) is 7.95. The molecule has 32 heavy (non-hydrogen) atoms. The van der Waals surface area contributed by atoms with Crippen molar-refractivity contribution in [3.05, 3.63) is 63.4 Å². The quantitative estimate of drug-likeness (QED) is 0.269. The first-order valence-electron chi connectivity index (χ1n) is 9.51. The van der Waals surface area contributed by atoms with Crippen molar-refractivity contribution in [2.24, 2.45) is 7.05 Å². The Labute approximate surface area is 192 Å². The van der Waals surface area contributed by atoms with E-state index in [1.54, 1.807) is 16.3 Å². The molecule has 3 rings (SSSR count). The highest BCUT2D eigenvalue weighted by molar-refractivity contribution is 7.98. The number of thiazole rings is 1. The van der Waals surface area contributed by atoms with Crippen LogP contribution in [0.4, 0.5) is 5.69 Å². The smallest absolute Gasteiger partial charge is 0.329 e. The maximum absolute atomic E-state index is 12.7. The Morgan fingerprint density at radius 3 is 2.91 bits per heavy atom. The zero-order chi connectivity index (χ0) is 23.1. The number of nitrogens with zero attached hydrogens (tertiary/aromatic N) is 4. The predicted octanol–water partition coefficient (Wildman–Crippen LogP) is 3.05. The average molecular weight is 476 g/mol. The molecular formula is C20H21N5O5S2. The molecule has 0 saturated heterocycles. The SMILES string of the molecule is CSCCC(NC(=O)c1cccc([N+](=O)[O-])c1)C(=O)OCc1csc(-c2cnn(C)c2)n1. The Bertz CT molecular complexity index is 1110. The molecule has 0 bridgehead atoms. The summed E-state index contributed by atoms with van der Waals surface area (Å²) in [6, 6.07) is 4.45. The number of hydrogen-bond acceptors (Lipinski definition) is 9. The first-order chi connectivity index (χ1) is 15.4. The summed E-state index contributed by atoms with van der Waals surface area (Å²) in [5.41, 5.74) is 1.36. The number of nitro groups is 1. The van der Waals surface area contributed by atoms with Gasteiger partial charge in [0.2, 0.25) is 0 Å². The molecule has 2 heterocycles. The molecule has 1 atom stereocenters. The van der Waals surface area contributed by atoms with Gasteiger partial charge in [-0.25, -0.2) is 9.78 Å². The number of ether oxygens (including phenoxy) is 1. The monoisotopic (exact) mass is 475 g/mol. The summed E-state index contributed by atoms with van der Waals surface area (Å²) in [5.74, 6) is -0.547. The summed E-state index contributed by atoms with van der Waals surface area (Å²) in [4.78, 5) is 40.0. The molecule has 12 heteroatoms. The highest BCUT2D eigenvalue weighted by Crippen LogP contribution is 2.23. The number of aromatic nitrogens is 3. The molecule has 1 aromatic carbocycles. The van der Waals surface area contributed by atoms with Gasteiger partial charge in [-0.1, -0.05) is 6.07 Å². The van der Waals surface area contributed by atoms with Crippen molar-refractivity contribution in [3.63, 3.8) is 0 Å². The summed E-state index contributed by atoms with van der Waals surface area (Å²) in [6.07, 6.45) is 5.80. The van der Waals surface area contributed by atoms with E-state index in [0.29, 0.717) is 17.9 Å². The Balaban J connectivity index is 1.63. The molecule has 0 radical (unpaired) electrons. The van der Waals surface area contributed by atoms with E-state index in [9.17, 15) is 19.7 Å². The van der Waals surface area contributed by atoms with Crippen molar-refractivity contribution < 1.29 is 19.2 Å². The molecule has 0 aliphatic carbocycles. The van der Waals surface area contributed by atoms with Crippen LogP contribution < -0.4 is 5.32 Å². The van der Waals surface area contributed by atoms with Gasteiger partial charge in [0.05, 0.1) is 16.8 Å². The molecule has 1 unspecified atom stereocenters. The minimum absolute atomic E-state index is 0.0297. The molecule has 3 aromatic rings. The normalized spacial score (nSPS) is 11.7. The molecule has 2 aromatic heterocycles. The van der Waals surface area contributed by atoms with Crippen LogP contribution in [0.1, 0.15) is 22.5 Å². The summed E-state index contributed by atoms with van der Waals surface area (Å²) in [7, 11) is 1.82. The lowest BCUT2D eigenvalue weighted by molar-refractivity contribution is -0.384. The Hall–Kier alpha value is -3.25. The molecule has 168 valence electrons. The third-order valence-corrected chi connectivity index (χ3v) is 5.97. The second-order valence-electron chi connectivity index (χ2n) is 6.77. The van der Waals surface area contributed by atoms with Crippen molar-refractivity contribution in [2.45, 2.75) is 19.1 Å². The van der Waals surface area contributed by atoms with Crippen LogP contribution >= 0.6 is 23.1 Å². The van der Waals surface area contributed by atoms with Crippen LogP contribution in [-0.2, 0) is 23.2 Å². The second-order valence-corrected chi connectivity index (χ2v) is 8.61. The van der Waals surface area contributed by atoms with Gasteiger partial charge in [0, 0.05) is 41.9 Å². The molecule has 0 fully saturated rings. The molecular weight excluding hydrogens is 454 g/mol. The lowest BCUT2D eigenvalue weighted by atomic mass is 10.1. The number of non-ortho nitro benzene ring substituents is 1. The van der Waals surface area contributed by atoms with Crippen LogP contribution in [-0.4, -0.2) is 49.6 Å². The number of amides is 1. The number of carbonyl (C=O) groups excluding carboxylic acids is 2. The highest BCUT2D eigenvalue weighted by Gasteiger charge is 2.24. The molecule has 0 spiro atoms. The van der Waals surface area contributed by atoms with E-state index in [0.717, 1.165) is 10.6 Å². The van der Waals surface area contributed by atoms with Crippen molar-refractivity contribution in [3.8, 4) is 10.6 Å². The van der Waals surface area contributed by atoms with Gasteiger partial charge in [0.1, 0.15) is 17.7 Å². The summed E-state index contributed by atoms with van der Waals surface area (Å²) in [5, 5.41) is 20.3. The van der Waals surface area contributed by atoms with E-state index >= 15 is 0 Å². The second kappa shape index (κ2) is 10.9. The van der Waals surface area contributed by atoms with Crippen LogP contribution in [0.2, 0.25) is 0 Å². The van der Waals surface area contributed by atoms with E-state index in [-0.39, 0.29) is 17.9 Å². The summed E-state index contributed by atoms with van der Waals surface area (Å²) < 4.78 is 7.07. The summed E-state index contributed by atoms with van der Waals surface area (Å²) in [6.45, 7) is -0.0297. The maximum atomic E-state index is 12.7. The van der Waals surface area contributed by atoms with E-state index in [4.69, 9.17) is 4.74 Å². The van der Waals surface area contributed by atoms with Crippen molar-refractivity contribution in [1.82, 2.24) is 20.1 Å². The average Bonchev–Trinajstić information content (AvgIpc) is 3.43. The van der Waals surface area contributed by atoms with E-state index < -0.39 is 22.8 Å². The fraction of sp³-hybridized carbons (Fsp3) is 0.300. The van der Waals surface area contributed by atoms with Crippen LogP contribution in [0, 0.1) is 10.1 Å². The molecule has 0 aliphatic rings. The number of carbonyl (C=O) groups is 2. The van der Waals surface area contributed by atoms with Crippen LogP contribution in [0.3, 0.4) is 0 Å². The first kappa shape index (κ1) is 23.4. The van der Waals surface area contributed by atoms with E-state index in [1.807, 2.05) is 19.5 Å². The van der Waals surface area contributed by atoms with Gasteiger partial charge >= 0.3 is 5.97 Å². The minimum atomic E-state index is -0.884. The number of hydrogen-bond donors (Lipinski definition) is 1. The Morgan fingerprint density at radius 1 is 1.41 bits per heavy atom. The fourth-order valence-electron chi connectivity index (χ4n) is 2.77. The zero-order valence-corrected chi connectivity index (χ0v) is 19.0. The number of thioether (sulfide) groups is 1. The third kappa shape index (κ3) is 6.14. The standard InChI is InChI=1S/C20H21N5O5S2/c1-24-10-14(9-21-24)19-22-15(12-32-19)11-30-20(27)17(6-7-31-2)23-18(26)13-4-3-5-16(8-13)25(28)29/h3-5,8-10,12,17H,6-7,11H2,1-2H3,(H,23,26). The number of rotatable bonds is 10. The fourth-order valence-corrected chi connectivity index (χ4v) is 4.02. The van der Waals surface area contributed by atoms with E-state index in [1.165, 1.54) is 47.4 Å². The number of aryl methyl sites for hydroxylation is 1. The highest BCUT2D eigenvalue weighted by atomic mass is 32.2. The molecule has 0 saturated carbocycles. The van der Waals surface area contributed by atoms with E-state index in [2.05, 4.69) is 15.4 Å². The first-order valence-corrected chi connectivity index (χ1v) is 11.8. The third-order valence-electron chi connectivity index (χ3n) is 4.39. The predicted molar refractivity (Wildman–Crippen MR) is 121 cm³/mol. The van der Waals surface area contributed by atoms with Crippen LogP contribution in [0.5, 0.6) is 0 Å². The minimum Gasteiger partial charge on any atom is -0.458 e. The Morgan fingerprint density at radius 2 is 2.22 bits per heavy atom. The molecule has 0 aliphatic heterocycles. The van der Waals surface area contributed by atoms with Gasteiger partial charge in [-0.2, -0.15) is 16.9 Å². The topological polar surface area (TPSA) is 129 Å². The van der Waals surface area contributed by atoms with Gasteiger partial charge in [-0.05, 0) is 24.5 Å². The lowest BCUT2D eigenvalue weighted by Gasteiger charge is -2.17. The van der Waals surface area contributed by atoms with Crippen molar-refractivity contribution in [2.75, 3.05) is 12.0 Å². The molecule has 1 amide bonds. The summed E-state index contributed by atoms with van der Waals surface area (Å²) >= 11 is 2.94. The molecule has 10 nitrogen and oxygen atoms in total. The van der Waals surface area contributed by atoms with Gasteiger partial charge < -0.3 is 10.1 Å². The number of esters is 1.